The average molecular weight is 267 g/mol. The maximum atomic E-state index is 12.1. The molecule has 2 unspecified atom stereocenters. The van der Waals surface area contributed by atoms with Crippen LogP contribution in [-0.4, -0.2) is 23.0 Å². The molecule has 0 aromatic rings. The summed E-state index contributed by atoms with van der Waals surface area (Å²) in [6.45, 7) is 4.55. The highest BCUT2D eigenvalue weighted by atomic mass is 16.4. The molecule has 0 aromatic heterocycles. The van der Waals surface area contributed by atoms with Crippen molar-refractivity contribution in [2.75, 3.05) is 0 Å². The van der Waals surface area contributed by atoms with E-state index in [1.165, 1.54) is 0 Å². The van der Waals surface area contributed by atoms with Crippen LogP contribution in [-0.2, 0) is 9.59 Å². The molecule has 2 aliphatic rings. The maximum Gasteiger partial charge on any atom is 0.306 e. The van der Waals surface area contributed by atoms with Gasteiger partial charge in [-0.25, -0.2) is 0 Å². The fourth-order valence-corrected chi connectivity index (χ4v) is 3.31. The van der Waals surface area contributed by atoms with Crippen LogP contribution in [0.15, 0.2) is 0 Å². The fourth-order valence-electron chi connectivity index (χ4n) is 3.31. The molecule has 2 saturated carbocycles. The Labute approximate surface area is 115 Å². The summed E-state index contributed by atoms with van der Waals surface area (Å²) >= 11 is 0. The van der Waals surface area contributed by atoms with Crippen LogP contribution in [0, 0.1) is 17.3 Å². The third-order valence-electron chi connectivity index (χ3n) is 4.84. The Morgan fingerprint density at radius 3 is 2.16 bits per heavy atom. The highest BCUT2D eigenvalue weighted by Crippen LogP contribution is 2.36. The lowest BCUT2D eigenvalue weighted by Crippen LogP contribution is -2.41. The van der Waals surface area contributed by atoms with Gasteiger partial charge in [-0.3, -0.25) is 9.59 Å². The maximum absolute atomic E-state index is 12.1. The molecule has 0 heterocycles. The number of rotatable bonds is 3. The highest BCUT2D eigenvalue weighted by Gasteiger charge is 2.35. The van der Waals surface area contributed by atoms with Crippen molar-refractivity contribution in [3.8, 4) is 0 Å². The molecule has 0 spiro atoms. The molecule has 19 heavy (non-hydrogen) atoms. The molecule has 0 aliphatic heterocycles. The standard InChI is InChI=1S/C15H25NO3/c1-15(2)7-5-12(6-8-15)16-13(17)10-3-4-11(9-10)14(18)19/h10-12H,3-9H2,1-2H3,(H,16,17)(H,18,19). The van der Waals surface area contributed by atoms with E-state index >= 15 is 0 Å². The Hall–Kier alpha value is -1.06. The van der Waals surface area contributed by atoms with Crippen molar-refractivity contribution in [1.82, 2.24) is 5.32 Å². The summed E-state index contributed by atoms with van der Waals surface area (Å²) in [4.78, 5) is 23.0. The largest absolute Gasteiger partial charge is 0.481 e. The molecule has 2 aliphatic carbocycles. The minimum absolute atomic E-state index is 0.0773. The third kappa shape index (κ3) is 3.71. The topological polar surface area (TPSA) is 66.4 Å². The lowest BCUT2D eigenvalue weighted by molar-refractivity contribution is -0.141. The summed E-state index contributed by atoms with van der Waals surface area (Å²) < 4.78 is 0. The van der Waals surface area contributed by atoms with Crippen molar-refractivity contribution in [2.45, 2.75) is 64.8 Å². The summed E-state index contributed by atoms with van der Waals surface area (Å²) in [5, 5.41) is 12.1. The first-order chi connectivity index (χ1) is 8.87. The van der Waals surface area contributed by atoms with E-state index in [1.54, 1.807) is 0 Å². The molecule has 0 aromatic carbocycles. The number of amides is 1. The molecule has 0 radical (unpaired) electrons. The summed E-state index contributed by atoms with van der Waals surface area (Å²) in [6, 6.07) is 0.296. The molecule has 2 N–H and O–H groups in total. The number of hydrogen-bond donors (Lipinski definition) is 2. The molecule has 0 saturated heterocycles. The molecular formula is C15H25NO3. The van der Waals surface area contributed by atoms with Crippen LogP contribution >= 0.6 is 0 Å². The molecule has 1 amide bonds. The monoisotopic (exact) mass is 267 g/mol. The smallest absolute Gasteiger partial charge is 0.306 e. The van der Waals surface area contributed by atoms with Crippen LogP contribution < -0.4 is 5.32 Å². The quantitative estimate of drug-likeness (QED) is 0.826. The van der Waals surface area contributed by atoms with Gasteiger partial charge in [0.1, 0.15) is 0 Å². The van der Waals surface area contributed by atoms with E-state index in [2.05, 4.69) is 19.2 Å². The van der Waals surface area contributed by atoms with Gasteiger partial charge < -0.3 is 10.4 Å². The third-order valence-corrected chi connectivity index (χ3v) is 4.84. The first-order valence-electron chi connectivity index (χ1n) is 7.40. The van der Waals surface area contributed by atoms with Gasteiger partial charge in [0.2, 0.25) is 5.91 Å². The second-order valence-electron chi connectivity index (χ2n) is 6.99. The first-order valence-corrected chi connectivity index (χ1v) is 7.40. The van der Waals surface area contributed by atoms with E-state index in [0.717, 1.165) is 32.1 Å². The summed E-state index contributed by atoms with van der Waals surface area (Å²) in [7, 11) is 0. The Kier molecular flexibility index (Phi) is 4.16. The number of carboxylic acid groups (broad SMARTS) is 1. The van der Waals surface area contributed by atoms with Crippen molar-refractivity contribution in [2.24, 2.45) is 17.3 Å². The van der Waals surface area contributed by atoms with Gasteiger partial charge in [-0.1, -0.05) is 13.8 Å². The highest BCUT2D eigenvalue weighted by molar-refractivity contribution is 5.81. The van der Waals surface area contributed by atoms with Crippen LogP contribution in [0.2, 0.25) is 0 Å². The van der Waals surface area contributed by atoms with Gasteiger partial charge >= 0.3 is 5.97 Å². The Morgan fingerprint density at radius 1 is 1.05 bits per heavy atom. The van der Waals surface area contributed by atoms with Crippen LogP contribution in [0.25, 0.3) is 0 Å². The van der Waals surface area contributed by atoms with Gasteiger partial charge in [-0.2, -0.15) is 0 Å². The molecule has 0 bridgehead atoms. The lowest BCUT2D eigenvalue weighted by Gasteiger charge is -2.35. The zero-order valence-electron chi connectivity index (χ0n) is 11.9. The van der Waals surface area contributed by atoms with E-state index in [1.807, 2.05) is 0 Å². The minimum Gasteiger partial charge on any atom is -0.481 e. The number of carboxylic acids is 1. The number of hydrogen-bond acceptors (Lipinski definition) is 2. The SMILES string of the molecule is CC1(C)CCC(NC(=O)C2CCC(C(=O)O)C2)CC1. The van der Waals surface area contributed by atoms with Crippen LogP contribution in [0.1, 0.15) is 58.8 Å². The van der Waals surface area contributed by atoms with Crippen molar-refractivity contribution < 1.29 is 14.7 Å². The summed E-state index contributed by atoms with van der Waals surface area (Å²) in [5.41, 5.74) is 0.406. The predicted molar refractivity (Wildman–Crippen MR) is 72.6 cm³/mol. The second kappa shape index (κ2) is 5.51. The minimum atomic E-state index is -0.755. The normalized spacial score (nSPS) is 31.1. The summed E-state index contributed by atoms with van der Waals surface area (Å²) in [5.74, 6) is -1.08. The zero-order chi connectivity index (χ0) is 14.0. The van der Waals surface area contributed by atoms with Crippen molar-refractivity contribution in [3.63, 3.8) is 0 Å². The van der Waals surface area contributed by atoms with Crippen molar-refractivity contribution >= 4 is 11.9 Å². The van der Waals surface area contributed by atoms with Crippen molar-refractivity contribution in [1.29, 1.82) is 0 Å². The molecule has 2 fully saturated rings. The van der Waals surface area contributed by atoms with Crippen LogP contribution in [0.4, 0.5) is 0 Å². The van der Waals surface area contributed by atoms with E-state index in [-0.39, 0.29) is 17.7 Å². The van der Waals surface area contributed by atoms with E-state index in [9.17, 15) is 9.59 Å². The van der Waals surface area contributed by atoms with Gasteiger partial charge in [0.25, 0.3) is 0 Å². The van der Waals surface area contributed by atoms with Gasteiger partial charge in [-0.15, -0.1) is 0 Å². The van der Waals surface area contributed by atoms with E-state index in [0.29, 0.717) is 24.3 Å². The molecule has 2 atom stereocenters. The summed E-state index contributed by atoms with van der Waals surface area (Å²) in [6.07, 6.45) is 6.29. The van der Waals surface area contributed by atoms with Gasteiger partial charge in [0.05, 0.1) is 5.92 Å². The molecule has 2 rings (SSSR count). The number of nitrogens with one attached hydrogen (secondary N) is 1. The molecular weight excluding hydrogens is 242 g/mol. The van der Waals surface area contributed by atoms with E-state index in [4.69, 9.17) is 5.11 Å². The van der Waals surface area contributed by atoms with E-state index < -0.39 is 5.97 Å². The average Bonchev–Trinajstić information content (AvgIpc) is 2.81. The molecule has 4 heteroatoms. The van der Waals surface area contributed by atoms with Gasteiger partial charge in [0, 0.05) is 12.0 Å². The Morgan fingerprint density at radius 2 is 1.63 bits per heavy atom. The molecule has 108 valence electrons. The van der Waals surface area contributed by atoms with Crippen molar-refractivity contribution in [3.05, 3.63) is 0 Å². The van der Waals surface area contributed by atoms with Crippen LogP contribution in [0.3, 0.4) is 0 Å². The zero-order valence-corrected chi connectivity index (χ0v) is 11.9. The second-order valence-corrected chi connectivity index (χ2v) is 6.99. The Balaban J connectivity index is 1.78. The van der Waals surface area contributed by atoms with Gasteiger partial charge in [0.15, 0.2) is 0 Å². The fraction of sp³-hybridized carbons (Fsp3) is 0.867. The first kappa shape index (κ1) is 14.4. The van der Waals surface area contributed by atoms with Gasteiger partial charge in [-0.05, 0) is 50.4 Å². The lowest BCUT2D eigenvalue weighted by atomic mass is 9.75. The predicted octanol–water partition coefficient (Wildman–Crippen LogP) is 2.57. The number of carbonyl (C=O) groups is 2. The van der Waals surface area contributed by atoms with Crippen LogP contribution in [0.5, 0.6) is 0 Å². The number of aliphatic carboxylic acids is 1. The Bertz CT molecular complexity index is 354. The number of carbonyl (C=O) groups excluding carboxylic acids is 1. The molecule has 4 nitrogen and oxygen atoms in total.